The Labute approximate surface area is 253 Å². The van der Waals surface area contributed by atoms with Gasteiger partial charge in [-0.15, -0.1) is 0 Å². The van der Waals surface area contributed by atoms with Crippen molar-refractivity contribution < 1.29 is 23.1 Å². The van der Waals surface area contributed by atoms with Gasteiger partial charge in [-0.25, -0.2) is 23.0 Å². The van der Waals surface area contributed by atoms with Gasteiger partial charge in [0.15, 0.2) is 5.13 Å². The van der Waals surface area contributed by atoms with Crippen LogP contribution in [0.2, 0.25) is 4.34 Å². The zero-order valence-electron chi connectivity index (χ0n) is 22.7. The highest BCUT2D eigenvalue weighted by atomic mass is 35.5. The molecule has 0 radical (unpaired) electrons. The van der Waals surface area contributed by atoms with Crippen molar-refractivity contribution in [3.05, 3.63) is 100 Å². The Morgan fingerprint density at radius 1 is 0.952 bits per heavy atom. The van der Waals surface area contributed by atoms with E-state index < -0.39 is 22.1 Å². The number of sulfonamides is 1. The Hall–Kier alpha value is -4.13. The molecule has 42 heavy (non-hydrogen) atoms. The summed E-state index contributed by atoms with van der Waals surface area (Å²) >= 11 is 7.54. The molecule has 220 valence electrons. The first-order chi connectivity index (χ1) is 20.1. The molecule has 0 aliphatic carbocycles. The molecule has 0 unspecified atom stereocenters. The van der Waals surface area contributed by atoms with Crippen molar-refractivity contribution in [1.82, 2.24) is 15.2 Å². The topological polar surface area (TPSA) is 141 Å². The zero-order chi connectivity index (χ0) is 30.1. The van der Waals surface area contributed by atoms with Gasteiger partial charge < -0.3 is 15.3 Å². The molecule has 0 bridgehead atoms. The van der Waals surface area contributed by atoms with Gasteiger partial charge in [-0.05, 0) is 29.7 Å². The lowest BCUT2D eigenvalue weighted by atomic mass is 9.88. The van der Waals surface area contributed by atoms with Gasteiger partial charge >= 0.3 is 12.1 Å². The predicted molar refractivity (Wildman–Crippen MR) is 167 cm³/mol. The van der Waals surface area contributed by atoms with Crippen LogP contribution in [0.5, 0.6) is 0 Å². The quantitative estimate of drug-likeness (QED) is 0.148. The number of anilines is 2. The number of thiazole rings is 1. The van der Waals surface area contributed by atoms with Gasteiger partial charge in [0.05, 0.1) is 6.26 Å². The lowest BCUT2D eigenvalue weighted by molar-refractivity contribution is 0.189. The number of carbonyl (C=O) groups excluding carboxylic acids is 1. The van der Waals surface area contributed by atoms with E-state index in [1.54, 1.807) is 29.2 Å². The van der Waals surface area contributed by atoms with Crippen molar-refractivity contribution in [2.24, 2.45) is 0 Å². The molecule has 0 aliphatic heterocycles. The van der Waals surface area contributed by atoms with Crippen molar-refractivity contribution in [1.29, 1.82) is 0 Å². The largest absolute Gasteiger partial charge is 0.465 e. The van der Waals surface area contributed by atoms with Gasteiger partial charge in [-0.3, -0.25) is 10.0 Å². The van der Waals surface area contributed by atoms with Crippen LogP contribution >= 0.6 is 22.9 Å². The van der Waals surface area contributed by atoms with Crippen molar-refractivity contribution in [3.63, 3.8) is 0 Å². The van der Waals surface area contributed by atoms with Crippen LogP contribution in [0.15, 0.2) is 84.9 Å². The highest BCUT2D eigenvalue weighted by Gasteiger charge is 2.21. The monoisotopic (exact) mass is 627 g/mol. The van der Waals surface area contributed by atoms with E-state index in [1.807, 2.05) is 36.4 Å². The average molecular weight is 628 g/mol. The summed E-state index contributed by atoms with van der Waals surface area (Å²) in [4.78, 5) is 30.5. The molecule has 0 spiro atoms. The van der Waals surface area contributed by atoms with Crippen molar-refractivity contribution in [2.75, 3.05) is 35.9 Å². The Balaban J connectivity index is 1.50. The fourth-order valence-corrected chi connectivity index (χ4v) is 6.05. The molecule has 1 aromatic heterocycles. The summed E-state index contributed by atoms with van der Waals surface area (Å²) in [6, 6.07) is 26.1. The fraction of sp³-hybridized carbons (Fsp3) is 0.207. The normalized spacial score (nSPS) is 11.2. The number of halogens is 1. The molecule has 0 atom stereocenters. The van der Waals surface area contributed by atoms with E-state index in [2.05, 4.69) is 44.6 Å². The smallest absolute Gasteiger partial charge is 0.404 e. The molecule has 0 saturated heterocycles. The number of carboxylic acid groups (broad SMARTS) is 1. The summed E-state index contributed by atoms with van der Waals surface area (Å²) in [7, 11) is -3.41. The van der Waals surface area contributed by atoms with Crippen LogP contribution in [-0.2, 0) is 10.0 Å². The number of hydrogen-bond acceptors (Lipinski definition) is 6. The molecule has 0 saturated carbocycles. The Morgan fingerprint density at radius 3 is 2.10 bits per heavy atom. The number of urea groups is 1. The highest BCUT2D eigenvalue weighted by molar-refractivity contribution is 7.92. The number of rotatable bonds is 12. The third-order valence-electron chi connectivity index (χ3n) is 6.30. The van der Waals surface area contributed by atoms with E-state index in [0.29, 0.717) is 34.2 Å². The number of nitrogens with zero attached hydrogens (tertiary/aromatic N) is 2. The van der Waals surface area contributed by atoms with Gasteiger partial charge in [0, 0.05) is 36.8 Å². The van der Waals surface area contributed by atoms with Crippen LogP contribution in [0.4, 0.5) is 20.4 Å². The van der Waals surface area contributed by atoms with E-state index in [-0.39, 0.29) is 24.1 Å². The highest BCUT2D eigenvalue weighted by Crippen LogP contribution is 2.36. The first kappa shape index (κ1) is 30.8. The molecule has 0 fully saturated rings. The Kier molecular flexibility index (Phi) is 10.4. The predicted octanol–water partition coefficient (Wildman–Crippen LogP) is 6.16. The minimum atomic E-state index is -3.41. The molecule has 0 aliphatic rings. The van der Waals surface area contributed by atoms with Gasteiger partial charge in [0.2, 0.25) is 10.0 Å². The third-order valence-corrected chi connectivity index (χ3v) is 8.07. The fourth-order valence-electron chi connectivity index (χ4n) is 4.41. The van der Waals surface area contributed by atoms with E-state index in [0.717, 1.165) is 28.7 Å². The zero-order valence-corrected chi connectivity index (χ0v) is 25.0. The maximum atomic E-state index is 13.4. The van der Waals surface area contributed by atoms with Crippen molar-refractivity contribution >= 4 is 55.9 Å². The number of aromatic nitrogens is 1. The molecule has 4 rings (SSSR count). The molecular formula is C29H30ClN5O5S2. The van der Waals surface area contributed by atoms with Crippen LogP contribution in [0.3, 0.4) is 0 Å². The molecule has 10 nitrogen and oxygen atoms in total. The van der Waals surface area contributed by atoms with E-state index in [9.17, 15) is 18.0 Å². The summed E-state index contributed by atoms with van der Waals surface area (Å²) in [5.41, 5.74) is 3.71. The summed E-state index contributed by atoms with van der Waals surface area (Å²) in [6.45, 7) is 0.555. The van der Waals surface area contributed by atoms with Crippen LogP contribution in [-0.4, -0.2) is 61.4 Å². The molecule has 1 heterocycles. The van der Waals surface area contributed by atoms with E-state index >= 15 is 0 Å². The second-order valence-corrected chi connectivity index (χ2v) is 12.8. The Morgan fingerprint density at radius 2 is 1.55 bits per heavy atom. The van der Waals surface area contributed by atoms with Crippen LogP contribution < -0.4 is 15.4 Å². The van der Waals surface area contributed by atoms with Gasteiger partial charge in [-0.1, -0.05) is 95.7 Å². The number of carbonyl (C=O) groups is 2. The van der Waals surface area contributed by atoms with Gasteiger partial charge in [-0.2, -0.15) is 0 Å². The number of nitrogens with one attached hydrogen (secondary N) is 3. The van der Waals surface area contributed by atoms with Gasteiger partial charge in [0.25, 0.3) is 0 Å². The molecule has 13 heteroatoms. The standard InChI is InChI=1S/C29H30ClN5O5S2/c1-42(39,40)34-23-14-12-22(13-15-23)25-26(30)41-27(32-25)33-28(36)35(19-17-31-29(37)38)18-16-24(20-8-4-2-5-9-20)21-10-6-3-7-11-21/h2-15,24,31,34H,16-19H2,1H3,(H,37,38)(H,32,33,36). The van der Waals surface area contributed by atoms with Crippen molar-refractivity contribution in [3.8, 4) is 11.3 Å². The first-order valence-electron chi connectivity index (χ1n) is 13.0. The van der Waals surface area contributed by atoms with Gasteiger partial charge in [0.1, 0.15) is 10.0 Å². The minimum absolute atomic E-state index is 0.0243. The summed E-state index contributed by atoms with van der Waals surface area (Å²) in [5.74, 6) is 0.0243. The second-order valence-electron chi connectivity index (χ2n) is 9.40. The third kappa shape index (κ3) is 8.93. The lowest BCUT2D eigenvalue weighted by Crippen LogP contribution is -2.41. The summed E-state index contributed by atoms with van der Waals surface area (Å²) in [5, 5.41) is 14.4. The van der Waals surface area contributed by atoms with Crippen LogP contribution in [0.25, 0.3) is 11.3 Å². The minimum Gasteiger partial charge on any atom is -0.465 e. The molecule has 3 aromatic carbocycles. The maximum Gasteiger partial charge on any atom is 0.404 e. The number of benzene rings is 3. The molecule has 4 aromatic rings. The van der Waals surface area contributed by atoms with Crippen molar-refractivity contribution in [2.45, 2.75) is 12.3 Å². The number of amides is 3. The molecule has 3 amide bonds. The molecule has 4 N–H and O–H groups in total. The summed E-state index contributed by atoms with van der Waals surface area (Å²) in [6.07, 6.45) is 0.500. The Bertz CT molecular complexity index is 1560. The SMILES string of the molecule is CS(=O)(=O)Nc1ccc(-c2nc(NC(=O)N(CCNC(=O)O)CCC(c3ccccc3)c3ccccc3)sc2Cl)cc1. The lowest BCUT2D eigenvalue weighted by Gasteiger charge is -2.26. The van der Waals surface area contributed by atoms with Crippen LogP contribution in [0, 0.1) is 0 Å². The van der Waals surface area contributed by atoms with E-state index in [4.69, 9.17) is 16.7 Å². The molecular weight excluding hydrogens is 598 g/mol. The maximum absolute atomic E-state index is 13.4. The number of hydrogen-bond donors (Lipinski definition) is 4. The van der Waals surface area contributed by atoms with Crippen LogP contribution in [0.1, 0.15) is 23.5 Å². The second kappa shape index (κ2) is 14.2. The van der Waals surface area contributed by atoms with E-state index in [1.165, 1.54) is 0 Å². The average Bonchev–Trinajstić information content (AvgIpc) is 3.32. The summed E-state index contributed by atoms with van der Waals surface area (Å²) < 4.78 is 25.7. The first-order valence-corrected chi connectivity index (χ1v) is 16.0.